The van der Waals surface area contributed by atoms with Gasteiger partial charge in [0.2, 0.25) is 0 Å². The molecule has 0 saturated carbocycles. The SMILES string of the molecule is CCN1C(=O)/C(=C/c2cc(C)n(-c3cc(Cl)ccc3Cl)c2C)SC1=S. The van der Waals surface area contributed by atoms with Crippen molar-refractivity contribution in [3.8, 4) is 5.69 Å². The van der Waals surface area contributed by atoms with Crippen molar-refractivity contribution in [2.45, 2.75) is 20.8 Å². The summed E-state index contributed by atoms with van der Waals surface area (Å²) in [5.74, 6) is -0.0388. The Morgan fingerprint density at radius 3 is 2.60 bits per heavy atom. The van der Waals surface area contributed by atoms with Crippen LogP contribution >= 0.6 is 47.2 Å². The van der Waals surface area contributed by atoms with Gasteiger partial charge in [-0.15, -0.1) is 0 Å². The third-order valence-corrected chi connectivity index (χ3v) is 6.03. The second-order valence-corrected chi connectivity index (χ2v) is 8.20. The highest BCUT2D eigenvalue weighted by Crippen LogP contribution is 2.34. The number of carbonyl (C=O) groups excluding carboxylic acids is 1. The van der Waals surface area contributed by atoms with Crippen molar-refractivity contribution in [3.63, 3.8) is 0 Å². The van der Waals surface area contributed by atoms with E-state index in [-0.39, 0.29) is 5.91 Å². The Kier molecular flexibility index (Phi) is 5.30. The van der Waals surface area contributed by atoms with Gasteiger partial charge in [0.25, 0.3) is 5.91 Å². The standard InChI is InChI=1S/C18H16Cl2N2OS2/c1-4-21-17(23)16(25-18(21)24)8-12-7-10(2)22(11(12)3)15-9-13(19)5-6-14(15)20/h5-9H,4H2,1-3H3/b16-8-. The van der Waals surface area contributed by atoms with E-state index in [1.54, 1.807) is 17.0 Å². The number of aryl methyl sites for hydroxylation is 1. The molecule has 1 saturated heterocycles. The Morgan fingerprint density at radius 1 is 1.24 bits per heavy atom. The van der Waals surface area contributed by atoms with E-state index in [4.69, 9.17) is 35.4 Å². The van der Waals surface area contributed by atoms with Crippen LogP contribution in [0.3, 0.4) is 0 Å². The molecule has 2 aromatic rings. The lowest BCUT2D eigenvalue weighted by molar-refractivity contribution is -0.121. The topological polar surface area (TPSA) is 25.2 Å². The molecule has 1 aromatic heterocycles. The molecule has 3 rings (SSSR count). The number of likely N-dealkylation sites (N-methyl/N-ethyl adjacent to an activating group) is 1. The predicted octanol–water partition coefficient (Wildman–Crippen LogP) is 5.62. The number of hydrogen-bond acceptors (Lipinski definition) is 3. The summed E-state index contributed by atoms with van der Waals surface area (Å²) in [7, 11) is 0. The lowest BCUT2D eigenvalue weighted by atomic mass is 10.2. The first-order valence-electron chi connectivity index (χ1n) is 7.73. The number of benzene rings is 1. The Labute approximate surface area is 166 Å². The van der Waals surface area contributed by atoms with Gasteiger partial charge in [-0.1, -0.05) is 47.2 Å². The van der Waals surface area contributed by atoms with Gasteiger partial charge in [-0.05, 0) is 56.7 Å². The molecule has 1 aromatic carbocycles. The molecule has 1 amide bonds. The van der Waals surface area contributed by atoms with Crippen LogP contribution in [0.2, 0.25) is 10.0 Å². The zero-order valence-corrected chi connectivity index (χ0v) is 17.1. The van der Waals surface area contributed by atoms with E-state index in [1.165, 1.54) is 11.8 Å². The molecule has 3 nitrogen and oxygen atoms in total. The number of halogens is 2. The predicted molar refractivity (Wildman–Crippen MR) is 111 cm³/mol. The van der Waals surface area contributed by atoms with E-state index >= 15 is 0 Å². The van der Waals surface area contributed by atoms with Crippen molar-refractivity contribution in [1.82, 2.24) is 9.47 Å². The van der Waals surface area contributed by atoms with Crippen LogP contribution in [0, 0.1) is 13.8 Å². The maximum absolute atomic E-state index is 12.4. The van der Waals surface area contributed by atoms with Crippen LogP contribution in [0.5, 0.6) is 0 Å². The highest BCUT2D eigenvalue weighted by atomic mass is 35.5. The molecule has 130 valence electrons. The third-order valence-electron chi connectivity index (χ3n) is 4.10. The van der Waals surface area contributed by atoms with E-state index in [0.717, 1.165) is 22.6 Å². The molecule has 0 radical (unpaired) electrons. The number of thiocarbonyl (C=S) groups is 1. The van der Waals surface area contributed by atoms with Crippen LogP contribution in [0.25, 0.3) is 11.8 Å². The molecule has 1 aliphatic heterocycles. The Balaban J connectivity index is 2.07. The summed E-state index contributed by atoms with van der Waals surface area (Å²) in [6.07, 6.45) is 1.90. The van der Waals surface area contributed by atoms with E-state index in [2.05, 4.69) is 0 Å². The van der Waals surface area contributed by atoms with Crippen LogP contribution in [0.1, 0.15) is 23.9 Å². The van der Waals surface area contributed by atoms with Gasteiger partial charge in [-0.3, -0.25) is 9.69 Å². The summed E-state index contributed by atoms with van der Waals surface area (Å²) in [5.41, 5.74) is 3.79. The van der Waals surface area contributed by atoms with E-state index in [0.29, 0.717) is 25.8 Å². The van der Waals surface area contributed by atoms with Crippen molar-refractivity contribution >= 4 is 63.5 Å². The first kappa shape index (κ1) is 18.5. The number of hydrogen-bond donors (Lipinski definition) is 0. The third kappa shape index (κ3) is 3.38. The Bertz CT molecular complexity index is 918. The Hall–Kier alpha value is -1.27. The lowest BCUT2D eigenvalue weighted by Gasteiger charge is -2.12. The fraction of sp³-hybridized carbons (Fsp3) is 0.222. The molecular formula is C18H16Cl2N2OS2. The van der Waals surface area contributed by atoms with Crippen LogP contribution in [0.15, 0.2) is 29.2 Å². The van der Waals surface area contributed by atoms with Crippen molar-refractivity contribution in [2.75, 3.05) is 6.54 Å². The van der Waals surface area contributed by atoms with Crippen LogP contribution in [-0.2, 0) is 4.79 Å². The number of aromatic nitrogens is 1. The largest absolute Gasteiger partial charge is 0.316 e. The minimum atomic E-state index is -0.0388. The zero-order valence-electron chi connectivity index (χ0n) is 14.0. The van der Waals surface area contributed by atoms with Gasteiger partial charge < -0.3 is 4.57 Å². The number of thioether (sulfide) groups is 1. The monoisotopic (exact) mass is 410 g/mol. The first-order chi connectivity index (χ1) is 11.8. The second-order valence-electron chi connectivity index (χ2n) is 5.68. The van der Waals surface area contributed by atoms with Crippen molar-refractivity contribution in [1.29, 1.82) is 0 Å². The number of rotatable bonds is 3. The minimum absolute atomic E-state index is 0.0388. The number of carbonyl (C=O) groups is 1. The molecule has 0 atom stereocenters. The summed E-state index contributed by atoms with van der Waals surface area (Å²) in [6.45, 7) is 6.50. The summed E-state index contributed by atoms with van der Waals surface area (Å²) >= 11 is 19.1. The molecule has 2 heterocycles. The average Bonchev–Trinajstić information content (AvgIpc) is 2.98. The summed E-state index contributed by atoms with van der Waals surface area (Å²) < 4.78 is 2.64. The van der Waals surface area contributed by atoms with E-state index < -0.39 is 0 Å². The van der Waals surface area contributed by atoms with Gasteiger partial charge in [0.1, 0.15) is 4.32 Å². The maximum Gasteiger partial charge on any atom is 0.266 e. The van der Waals surface area contributed by atoms with Gasteiger partial charge >= 0.3 is 0 Å². The van der Waals surface area contributed by atoms with Gasteiger partial charge in [0.15, 0.2) is 0 Å². The average molecular weight is 411 g/mol. The quantitative estimate of drug-likeness (QED) is 0.484. The van der Waals surface area contributed by atoms with Crippen molar-refractivity contribution < 1.29 is 4.79 Å². The lowest BCUT2D eigenvalue weighted by Crippen LogP contribution is -2.27. The van der Waals surface area contributed by atoms with Gasteiger partial charge in [0.05, 0.1) is 15.6 Å². The molecule has 7 heteroatoms. The summed E-state index contributed by atoms with van der Waals surface area (Å²) in [5, 5.41) is 1.24. The highest BCUT2D eigenvalue weighted by Gasteiger charge is 2.31. The Morgan fingerprint density at radius 2 is 1.96 bits per heavy atom. The molecule has 0 N–H and O–H groups in total. The smallest absolute Gasteiger partial charge is 0.266 e. The normalized spacial score (nSPS) is 16.4. The zero-order chi connectivity index (χ0) is 18.3. The molecule has 1 fully saturated rings. The van der Waals surface area contributed by atoms with Crippen LogP contribution in [0.4, 0.5) is 0 Å². The number of nitrogens with zero attached hydrogens (tertiary/aromatic N) is 2. The van der Waals surface area contributed by atoms with Gasteiger partial charge in [-0.25, -0.2) is 0 Å². The highest BCUT2D eigenvalue weighted by molar-refractivity contribution is 8.26. The second kappa shape index (κ2) is 7.16. The van der Waals surface area contributed by atoms with E-state index in [1.807, 2.05) is 43.5 Å². The van der Waals surface area contributed by atoms with Crippen LogP contribution < -0.4 is 0 Å². The van der Waals surface area contributed by atoms with Crippen molar-refractivity contribution in [3.05, 3.63) is 56.2 Å². The fourth-order valence-corrected chi connectivity index (χ4v) is 4.62. The molecule has 0 spiro atoms. The van der Waals surface area contributed by atoms with Crippen LogP contribution in [-0.4, -0.2) is 26.2 Å². The molecule has 0 aliphatic carbocycles. The molecule has 1 aliphatic rings. The summed E-state index contributed by atoms with van der Waals surface area (Å²) in [6, 6.07) is 7.41. The number of amides is 1. The molecule has 0 bridgehead atoms. The van der Waals surface area contributed by atoms with E-state index in [9.17, 15) is 4.79 Å². The first-order valence-corrected chi connectivity index (χ1v) is 9.71. The van der Waals surface area contributed by atoms with Gasteiger partial charge in [-0.2, -0.15) is 0 Å². The molecule has 0 unspecified atom stereocenters. The summed E-state index contributed by atoms with van der Waals surface area (Å²) in [4.78, 5) is 14.7. The minimum Gasteiger partial charge on any atom is -0.316 e. The maximum atomic E-state index is 12.4. The fourth-order valence-electron chi connectivity index (χ4n) is 2.88. The van der Waals surface area contributed by atoms with Gasteiger partial charge in [0, 0.05) is 23.0 Å². The molecular weight excluding hydrogens is 395 g/mol. The van der Waals surface area contributed by atoms with Crippen molar-refractivity contribution in [2.24, 2.45) is 0 Å². The molecule has 25 heavy (non-hydrogen) atoms.